The summed E-state index contributed by atoms with van der Waals surface area (Å²) in [6, 6.07) is 6.13. The van der Waals surface area contributed by atoms with Gasteiger partial charge in [-0.25, -0.2) is 13.6 Å². The fourth-order valence-corrected chi connectivity index (χ4v) is 2.91. The molecule has 0 saturated heterocycles. The van der Waals surface area contributed by atoms with Crippen LogP contribution in [0.15, 0.2) is 35.4 Å². The SMILES string of the molecule is CC(Nc1nc(N)c2cnn(C)c2n1)c1cccc(S(N)(=O)=O)c1. The van der Waals surface area contributed by atoms with E-state index in [1.807, 2.05) is 6.92 Å². The van der Waals surface area contributed by atoms with Crippen molar-refractivity contribution in [1.29, 1.82) is 0 Å². The highest BCUT2D eigenvalue weighted by molar-refractivity contribution is 7.89. The molecule has 3 aromatic rings. The van der Waals surface area contributed by atoms with Gasteiger partial charge in [-0.3, -0.25) is 4.68 Å². The first-order valence-electron chi connectivity index (χ1n) is 7.10. The molecule has 0 aliphatic rings. The molecule has 0 spiro atoms. The van der Waals surface area contributed by atoms with Crippen LogP contribution in [0.25, 0.3) is 11.0 Å². The third kappa shape index (κ3) is 3.01. The van der Waals surface area contributed by atoms with Crippen LogP contribution < -0.4 is 16.2 Å². The minimum absolute atomic E-state index is 0.0520. The van der Waals surface area contributed by atoms with Gasteiger partial charge in [0, 0.05) is 7.05 Å². The number of rotatable bonds is 4. The second-order valence-electron chi connectivity index (χ2n) is 5.42. The van der Waals surface area contributed by atoms with Crippen LogP contribution in [-0.2, 0) is 17.1 Å². The Labute approximate surface area is 138 Å². The number of hydrogen-bond acceptors (Lipinski definition) is 7. The average molecular weight is 347 g/mol. The quantitative estimate of drug-likeness (QED) is 0.632. The molecular formula is C14H17N7O2S. The summed E-state index contributed by atoms with van der Waals surface area (Å²) in [5, 5.41) is 13.0. The maximum atomic E-state index is 11.5. The number of nitrogens with one attached hydrogen (secondary N) is 1. The third-order valence-corrected chi connectivity index (χ3v) is 4.56. The van der Waals surface area contributed by atoms with Gasteiger partial charge in [0.25, 0.3) is 0 Å². The van der Waals surface area contributed by atoms with Crippen molar-refractivity contribution in [3.05, 3.63) is 36.0 Å². The number of benzene rings is 1. The summed E-state index contributed by atoms with van der Waals surface area (Å²) in [4.78, 5) is 8.65. The van der Waals surface area contributed by atoms with Gasteiger partial charge in [-0.15, -0.1) is 0 Å². The molecule has 5 N–H and O–H groups in total. The molecule has 0 bridgehead atoms. The molecule has 10 heteroatoms. The average Bonchev–Trinajstić information content (AvgIpc) is 2.88. The molecule has 9 nitrogen and oxygen atoms in total. The maximum absolute atomic E-state index is 11.5. The lowest BCUT2D eigenvalue weighted by Crippen LogP contribution is -2.14. The third-order valence-electron chi connectivity index (χ3n) is 3.65. The van der Waals surface area contributed by atoms with Gasteiger partial charge in [0.05, 0.1) is 22.5 Å². The van der Waals surface area contributed by atoms with Crippen LogP contribution >= 0.6 is 0 Å². The summed E-state index contributed by atoms with van der Waals surface area (Å²) in [5.41, 5.74) is 7.26. The molecule has 1 atom stereocenters. The summed E-state index contributed by atoms with van der Waals surface area (Å²) in [7, 11) is -1.99. The minimum Gasteiger partial charge on any atom is -0.383 e. The number of primary sulfonamides is 1. The fraction of sp³-hybridized carbons (Fsp3) is 0.214. The van der Waals surface area contributed by atoms with Gasteiger partial charge in [-0.1, -0.05) is 12.1 Å². The Morgan fingerprint density at radius 2 is 2.04 bits per heavy atom. The standard InChI is InChI=1S/C14H17N7O2S/c1-8(9-4-3-5-10(6-9)24(16,22)23)18-14-19-12(15)11-7-17-21(2)13(11)20-14/h3-8H,1-2H3,(H2,16,22,23)(H3,15,18,19,20). The summed E-state index contributed by atoms with van der Waals surface area (Å²) < 4.78 is 24.5. The fourth-order valence-electron chi connectivity index (χ4n) is 2.35. The second kappa shape index (κ2) is 5.73. The van der Waals surface area contributed by atoms with Gasteiger partial charge >= 0.3 is 0 Å². The van der Waals surface area contributed by atoms with E-state index in [-0.39, 0.29) is 10.9 Å². The van der Waals surface area contributed by atoms with Crippen LogP contribution in [0.5, 0.6) is 0 Å². The predicted octanol–water partition coefficient (Wildman–Crippen LogP) is 0.766. The van der Waals surface area contributed by atoms with E-state index in [0.29, 0.717) is 22.8 Å². The highest BCUT2D eigenvalue weighted by atomic mass is 32.2. The van der Waals surface area contributed by atoms with E-state index >= 15 is 0 Å². The van der Waals surface area contributed by atoms with Crippen molar-refractivity contribution in [2.45, 2.75) is 17.9 Å². The van der Waals surface area contributed by atoms with Crippen LogP contribution in [0.2, 0.25) is 0 Å². The lowest BCUT2D eigenvalue weighted by Gasteiger charge is -2.15. The number of aryl methyl sites for hydroxylation is 1. The molecule has 3 rings (SSSR count). The van der Waals surface area contributed by atoms with Crippen molar-refractivity contribution in [2.75, 3.05) is 11.1 Å². The molecule has 2 heterocycles. The van der Waals surface area contributed by atoms with Crippen molar-refractivity contribution in [3.8, 4) is 0 Å². The highest BCUT2D eigenvalue weighted by Crippen LogP contribution is 2.23. The van der Waals surface area contributed by atoms with Gasteiger partial charge in [-0.2, -0.15) is 15.1 Å². The molecule has 1 unspecified atom stereocenters. The first-order valence-corrected chi connectivity index (χ1v) is 8.65. The monoisotopic (exact) mass is 347 g/mol. The van der Waals surface area contributed by atoms with Crippen molar-refractivity contribution in [3.63, 3.8) is 0 Å². The number of sulfonamides is 1. The van der Waals surface area contributed by atoms with Crippen LogP contribution in [0.4, 0.5) is 11.8 Å². The van der Waals surface area contributed by atoms with Crippen molar-refractivity contribution >= 4 is 32.8 Å². The number of nitrogens with two attached hydrogens (primary N) is 2. The molecule has 24 heavy (non-hydrogen) atoms. The lowest BCUT2D eigenvalue weighted by atomic mass is 10.1. The Balaban J connectivity index is 1.92. The molecule has 0 radical (unpaired) electrons. The van der Waals surface area contributed by atoms with Gasteiger partial charge < -0.3 is 11.1 Å². The smallest absolute Gasteiger partial charge is 0.238 e. The summed E-state index contributed by atoms with van der Waals surface area (Å²) in [6.45, 7) is 1.86. The van der Waals surface area contributed by atoms with Gasteiger partial charge in [0.1, 0.15) is 5.82 Å². The summed E-state index contributed by atoms with van der Waals surface area (Å²) in [6.07, 6.45) is 1.60. The van der Waals surface area contributed by atoms with Gasteiger partial charge in [0.15, 0.2) is 5.65 Å². The van der Waals surface area contributed by atoms with Crippen molar-refractivity contribution in [2.24, 2.45) is 12.2 Å². The molecule has 0 aliphatic heterocycles. The van der Waals surface area contributed by atoms with E-state index in [1.54, 1.807) is 30.1 Å². The summed E-state index contributed by atoms with van der Waals surface area (Å²) >= 11 is 0. The van der Waals surface area contributed by atoms with E-state index in [1.165, 1.54) is 12.1 Å². The van der Waals surface area contributed by atoms with Crippen LogP contribution in [0, 0.1) is 0 Å². The second-order valence-corrected chi connectivity index (χ2v) is 6.98. The van der Waals surface area contributed by atoms with E-state index in [9.17, 15) is 8.42 Å². The molecule has 2 aromatic heterocycles. The topological polar surface area (TPSA) is 142 Å². The first-order chi connectivity index (χ1) is 11.3. The van der Waals surface area contributed by atoms with Crippen LogP contribution in [0.1, 0.15) is 18.5 Å². The lowest BCUT2D eigenvalue weighted by molar-refractivity contribution is 0.597. The zero-order chi connectivity index (χ0) is 17.5. The predicted molar refractivity (Wildman–Crippen MR) is 90.6 cm³/mol. The molecule has 1 aromatic carbocycles. The molecular weight excluding hydrogens is 330 g/mol. The number of hydrogen-bond donors (Lipinski definition) is 3. The normalized spacial score (nSPS) is 13.1. The van der Waals surface area contributed by atoms with Crippen molar-refractivity contribution in [1.82, 2.24) is 19.7 Å². The number of nitrogen functional groups attached to an aromatic ring is 1. The van der Waals surface area contributed by atoms with E-state index in [0.717, 1.165) is 5.56 Å². The zero-order valence-corrected chi connectivity index (χ0v) is 13.9. The Morgan fingerprint density at radius 3 is 2.75 bits per heavy atom. The molecule has 126 valence electrons. The Bertz CT molecular complexity index is 1010. The first kappa shape index (κ1) is 16.1. The van der Waals surface area contributed by atoms with E-state index in [2.05, 4.69) is 20.4 Å². The van der Waals surface area contributed by atoms with Crippen molar-refractivity contribution < 1.29 is 8.42 Å². The highest BCUT2D eigenvalue weighted by Gasteiger charge is 2.14. The number of anilines is 2. The number of fused-ring (bicyclic) bond motifs is 1. The molecule has 0 saturated carbocycles. The zero-order valence-electron chi connectivity index (χ0n) is 13.1. The molecule has 0 amide bonds. The summed E-state index contributed by atoms with van der Waals surface area (Å²) in [5.74, 6) is 0.651. The Hall–Kier alpha value is -2.72. The van der Waals surface area contributed by atoms with Crippen LogP contribution in [-0.4, -0.2) is 28.2 Å². The number of aromatic nitrogens is 4. The Morgan fingerprint density at radius 1 is 1.29 bits per heavy atom. The molecule has 0 aliphatic carbocycles. The number of nitrogens with zero attached hydrogens (tertiary/aromatic N) is 4. The van der Waals surface area contributed by atoms with Gasteiger partial charge in [0.2, 0.25) is 16.0 Å². The van der Waals surface area contributed by atoms with Gasteiger partial charge in [-0.05, 0) is 24.6 Å². The molecule has 0 fully saturated rings. The largest absolute Gasteiger partial charge is 0.383 e. The minimum atomic E-state index is -3.76. The Kier molecular flexibility index (Phi) is 3.85. The maximum Gasteiger partial charge on any atom is 0.238 e. The van der Waals surface area contributed by atoms with E-state index < -0.39 is 10.0 Å². The van der Waals surface area contributed by atoms with Crippen LogP contribution in [0.3, 0.4) is 0 Å². The van der Waals surface area contributed by atoms with E-state index in [4.69, 9.17) is 10.9 Å².